The van der Waals surface area contributed by atoms with E-state index < -0.39 is 0 Å². The third kappa shape index (κ3) is 3.37. The number of aromatic nitrogens is 2. The first-order valence-corrected chi connectivity index (χ1v) is 8.84. The summed E-state index contributed by atoms with van der Waals surface area (Å²) in [6.45, 7) is 6.27. The van der Waals surface area contributed by atoms with Gasteiger partial charge in [-0.25, -0.2) is 9.97 Å². The van der Waals surface area contributed by atoms with Gasteiger partial charge in [-0.3, -0.25) is 4.79 Å². The number of aryl methyl sites for hydroxylation is 1. The fraction of sp³-hybridized carbons (Fsp3) is 0.471. The molecule has 3 heterocycles. The lowest BCUT2D eigenvalue weighted by Gasteiger charge is -2.31. The number of nitrogens with zero attached hydrogens (tertiary/aromatic N) is 4. The van der Waals surface area contributed by atoms with E-state index in [-0.39, 0.29) is 5.91 Å². The Balaban J connectivity index is 1.83. The Bertz CT molecular complexity index is 699. The summed E-state index contributed by atoms with van der Waals surface area (Å²) in [5, 5.41) is 2.01. The molecule has 0 atom stereocenters. The molecule has 0 bridgehead atoms. The van der Waals surface area contributed by atoms with Crippen molar-refractivity contribution in [2.45, 2.75) is 33.2 Å². The Morgan fingerprint density at radius 2 is 2.26 bits per heavy atom. The highest BCUT2D eigenvalue weighted by atomic mass is 32.1. The third-order valence-electron chi connectivity index (χ3n) is 4.24. The van der Waals surface area contributed by atoms with Crippen LogP contribution in [0.4, 0.5) is 5.82 Å². The van der Waals surface area contributed by atoms with Crippen molar-refractivity contribution in [1.82, 2.24) is 14.9 Å². The van der Waals surface area contributed by atoms with Gasteiger partial charge < -0.3 is 9.80 Å². The Labute approximate surface area is 141 Å². The second-order valence-corrected chi connectivity index (χ2v) is 6.89. The maximum atomic E-state index is 12.6. The molecule has 0 unspecified atom stereocenters. The first-order valence-electron chi connectivity index (χ1n) is 7.96. The van der Waals surface area contributed by atoms with Crippen molar-refractivity contribution in [3.05, 3.63) is 39.5 Å². The highest BCUT2D eigenvalue weighted by molar-refractivity contribution is 7.10. The molecule has 0 saturated carbocycles. The van der Waals surface area contributed by atoms with E-state index in [9.17, 15) is 4.79 Å². The summed E-state index contributed by atoms with van der Waals surface area (Å²) in [6.07, 6.45) is 1.29. The minimum absolute atomic E-state index is 0.184. The van der Waals surface area contributed by atoms with Crippen molar-refractivity contribution in [3.63, 3.8) is 0 Å². The zero-order valence-electron chi connectivity index (χ0n) is 13.9. The van der Waals surface area contributed by atoms with E-state index in [0.29, 0.717) is 13.0 Å². The van der Waals surface area contributed by atoms with Crippen LogP contribution in [0, 0.1) is 6.92 Å². The van der Waals surface area contributed by atoms with E-state index in [1.807, 2.05) is 36.4 Å². The Hall–Kier alpha value is -1.95. The van der Waals surface area contributed by atoms with Crippen LogP contribution < -0.4 is 4.90 Å². The van der Waals surface area contributed by atoms with Crippen molar-refractivity contribution in [3.8, 4) is 0 Å². The van der Waals surface area contributed by atoms with Crippen molar-refractivity contribution in [2.75, 3.05) is 25.0 Å². The van der Waals surface area contributed by atoms with Gasteiger partial charge in [0.1, 0.15) is 11.6 Å². The number of carbonyl (C=O) groups excluding carboxylic acids is 1. The molecule has 0 saturated heterocycles. The van der Waals surface area contributed by atoms with Crippen molar-refractivity contribution in [1.29, 1.82) is 0 Å². The van der Waals surface area contributed by atoms with Gasteiger partial charge in [0.25, 0.3) is 0 Å². The topological polar surface area (TPSA) is 49.3 Å². The molecule has 1 aliphatic rings. The molecule has 3 rings (SSSR count). The maximum Gasteiger partial charge on any atom is 0.228 e. The van der Waals surface area contributed by atoms with Gasteiger partial charge in [-0.2, -0.15) is 0 Å². The minimum atomic E-state index is 0.184. The summed E-state index contributed by atoms with van der Waals surface area (Å²) in [4.78, 5) is 26.9. The number of anilines is 1. The van der Waals surface area contributed by atoms with E-state index in [1.54, 1.807) is 11.3 Å². The molecule has 2 aromatic heterocycles. The van der Waals surface area contributed by atoms with Crippen LogP contribution in [0.2, 0.25) is 0 Å². The van der Waals surface area contributed by atoms with E-state index in [1.165, 1.54) is 0 Å². The molecule has 0 fully saturated rings. The zero-order valence-corrected chi connectivity index (χ0v) is 14.7. The van der Waals surface area contributed by atoms with Crippen LogP contribution in [0.3, 0.4) is 0 Å². The van der Waals surface area contributed by atoms with Gasteiger partial charge in [0.2, 0.25) is 5.91 Å². The van der Waals surface area contributed by atoms with Gasteiger partial charge >= 0.3 is 0 Å². The fourth-order valence-electron chi connectivity index (χ4n) is 2.87. The van der Waals surface area contributed by atoms with Crippen molar-refractivity contribution < 1.29 is 4.79 Å². The predicted octanol–water partition coefficient (Wildman–Crippen LogP) is 2.43. The predicted molar refractivity (Wildman–Crippen MR) is 92.9 cm³/mol. The summed E-state index contributed by atoms with van der Waals surface area (Å²) >= 11 is 1.63. The Kier molecular flexibility index (Phi) is 4.61. The average molecular weight is 330 g/mol. The third-order valence-corrected chi connectivity index (χ3v) is 5.12. The number of hydrogen-bond acceptors (Lipinski definition) is 5. The summed E-state index contributed by atoms with van der Waals surface area (Å²) in [7, 11) is 2.04. The van der Waals surface area contributed by atoms with Gasteiger partial charge in [0.15, 0.2) is 0 Å². The minimum Gasteiger partial charge on any atom is -0.360 e. The molecule has 0 N–H and O–H groups in total. The van der Waals surface area contributed by atoms with Crippen LogP contribution in [-0.4, -0.2) is 40.9 Å². The zero-order chi connectivity index (χ0) is 16.4. The Morgan fingerprint density at radius 1 is 1.43 bits per heavy atom. The normalized spacial score (nSPS) is 13.8. The SMILES string of the molecule is CCN(C)c1nc(C)nc2c1CN(C(=O)Cc1cccs1)CC2. The first-order chi connectivity index (χ1) is 11.1. The van der Waals surface area contributed by atoms with Crippen LogP contribution in [0.1, 0.15) is 28.9 Å². The molecule has 0 radical (unpaired) electrons. The van der Waals surface area contributed by atoms with Crippen molar-refractivity contribution >= 4 is 23.1 Å². The van der Waals surface area contributed by atoms with Gasteiger partial charge in [-0.15, -0.1) is 11.3 Å². The summed E-state index contributed by atoms with van der Waals surface area (Å²) in [5.41, 5.74) is 2.19. The highest BCUT2D eigenvalue weighted by Gasteiger charge is 2.26. The van der Waals surface area contributed by atoms with E-state index >= 15 is 0 Å². The second-order valence-electron chi connectivity index (χ2n) is 5.86. The van der Waals surface area contributed by atoms with Gasteiger partial charge in [-0.1, -0.05) is 6.07 Å². The molecule has 1 aliphatic heterocycles. The van der Waals surface area contributed by atoms with Crippen LogP contribution >= 0.6 is 11.3 Å². The number of thiophene rings is 1. The molecular formula is C17H22N4OS. The molecule has 6 heteroatoms. The number of fused-ring (bicyclic) bond motifs is 1. The number of rotatable bonds is 4. The molecule has 122 valence electrons. The quantitative estimate of drug-likeness (QED) is 0.864. The highest BCUT2D eigenvalue weighted by Crippen LogP contribution is 2.26. The Morgan fingerprint density at radius 3 is 2.96 bits per heavy atom. The molecule has 23 heavy (non-hydrogen) atoms. The number of amides is 1. The van der Waals surface area contributed by atoms with E-state index in [0.717, 1.165) is 47.3 Å². The summed E-state index contributed by atoms with van der Waals surface area (Å²) in [6, 6.07) is 4.01. The van der Waals surface area contributed by atoms with E-state index in [4.69, 9.17) is 0 Å². The summed E-state index contributed by atoms with van der Waals surface area (Å²) < 4.78 is 0. The lowest BCUT2D eigenvalue weighted by Crippen LogP contribution is -2.38. The first kappa shape index (κ1) is 15.9. The molecule has 0 aromatic carbocycles. The fourth-order valence-corrected chi connectivity index (χ4v) is 3.57. The molecule has 5 nitrogen and oxygen atoms in total. The van der Waals surface area contributed by atoms with Gasteiger partial charge in [0, 0.05) is 37.0 Å². The monoisotopic (exact) mass is 330 g/mol. The van der Waals surface area contributed by atoms with Crippen LogP contribution in [-0.2, 0) is 24.2 Å². The van der Waals surface area contributed by atoms with Crippen molar-refractivity contribution in [2.24, 2.45) is 0 Å². The van der Waals surface area contributed by atoms with Gasteiger partial charge in [-0.05, 0) is 25.3 Å². The average Bonchev–Trinajstić information content (AvgIpc) is 3.05. The largest absolute Gasteiger partial charge is 0.360 e. The lowest BCUT2D eigenvalue weighted by molar-refractivity contribution is -0.131. The maximum absolute atomic E-state index is 12.6. The standard InChI is InChI=1S/C17H22N4OS/c1-4-20(3)17-14-11-21(8-7-15(14)18-12(2)19-17)16(22)10-13-6-5-9-23-13/h5-6,9H,4,7-8,10-11H2,1-3H3. The molecule has 0 aliphatic carbocycles. The smallest absolute Gasteiger partial charge is 0.228 e. The second kappa shape index (κ2) is 6.66. The van der Waals surface area contributed by atoms with Crippen LogP contribution in [0.25, 0.3) is 0 Å². The number of carbonyl (C=O) groups is 1. The molecule has 1 amide bonds. The van der Waals surface area contributed by atoms with E-state index in [2.05, 4.69) is 21.8 Å². The molecule has 0 spiro atoms. The van der Waals surface area contributed by atoms with Crippen LogP contribution in [0.5, 0.6) is 0 Å². The molecule has 2 aromatic rings. The molecular weight excluding hydrogens is 308 g/mol. The lowest BCUT2D eigenvalue weighted by atomic mass is 10.0. The summed E-state index contributed by atoms with van der Waals surface area (Å²) in [5.74, 6) is 1.95. The number of hydrogen-bond donors (Lipinski definition) is 0. The van der Waals surface area contributed by atoms with Gasteiger partial charge in [0.05, 0.1) is 18.7 Å². The van der Waals surface area contributed by atoms with Crippen LogP contribution in [0.15, 0.2) is 17.5 Å².